The minimum Gasteiger partial charge on any atom is -0.478 e. The van der Waals surface area contributed by atoms with Crippen LogP contribution in [-0.2, 0) is 0 Å². The number of para-hydroxylation sites is 2. The van der Waals surface area contributed by atoms with Gasteiger partial charge in [0.15, 0.2) is 0 Å². The highest BCUT2D eigenvalue weighted by molar-refractivity contribution is 7.15. The molecule has 2 aromatic heterocycles. The van der Waals surface area contributed by atoms with Crippen LogP contribution in [0, 0.1) is 11.6 Å². The van der Waals surface area contributed by atoms with Crippen molar-refractivity contribution >= 4 is 50.8 Å². The van der Waals surface area contributed by atoms with Crippen molar-refractivity contribution in [2.24, 2.45) is 0 Å². The van der Waals surface area contributed by atoms with Crippen molar-refractivity contribution < 1.29 is 23.5 Å². The van der Waals surface area contributed by atoms with Crippen molar-refractivity contribution in [3.05, 3.63) is 75.9 Å². The number of benzene rings is 2. The maximum atomic E-state index is 13.8. The molecule has 0 fully saturated rings. The van der Waals surface area contributed by atoms with Crippen molar-refractivity contribution in [2.45, 2.75) is 0 Å². The Morgan fingerprint density at radius 1 is 1.10 bits per heavy atom. The van der Waals surface area contributed by atoms with Gasteiger partial charge in [-0.1, -0.05) is 23.7 Å². The molecule has 0 saturated heterocycles. The number of hydrogen-bond donors (Lipinski definition) is 2. The van der Waals surface area contributed by atoms with Gasteiger partial charge < -0.3 is 10.4 Å². The average Bonchev–Trinajstić information content (AvgIpc) is 3.15. The number of nitrogens with one attached hydrogen (secondary N) is 1. The van der Waals surface area contributed by atoms with Gasteiger partial charge in [-0.25, -0.2) is 18.6 Å². The van der Waals surface area contributed by atoms with Gasteiger partial charge in [0.05, 0.1) is 17.2 Å². The van der Waals surface area contributed by atoms with Crippen LogP contribution in [0.3, 0.4) is 0 Å². The van der Waals surface area contributed by atoms with E-state index in [1.807, 2.05) is 0 Å². The van der Waals surface area contributed by atoms with Crippen molar-refractivity contribution in [1.29, 1.82) is 0 Å². The van der Waals surface area contributed by atoms with E-state index in [1.54, 1.807) is 24.3 Å². The lowest BCUT2D eigenvalue weighted by atomic mass is 10.0. The number of carboxylic acid groups (broad SMARTS) is 1. The van der Waals surface area contributed by atoms with Crippen LogP contribution in [-0.4, -0.2) is 27.0 Å². The zero-order valence-corrected chi connectivity index (χ0v) is 16.4. The van der Waals surface area contributed by atoms with Gasteiger partial charge in [-0.2, -0.15) is 0 Å². The number of anilines is 1. The Labute approximate surface area is 176 Å². The first-order valence-electron chi connectivity index (χ1n) is 8.38. The molecule has 0 bridgehead atoms. The topological polar surface area (TPSA) is 92.2 Å². The number of carbonyl (C=O) groups is 2. The molecule has 150 valence electrons. The second-order valence-corrected chi connectivity index (χ2v) is 7.37. The fraction of sp³-hybridized carbons (Fsp3) is 0. The summed E-state index contributed by atoms with van der Waals surface area (Å²) in [6.45, 7) is 0. The standard InChI is InChI=1S/C20H10ClF2N3O3S/c21-17-11(22)5-9(6-12(17)23)10-8-30-19(16(10)20(28)29)26-18(27)15-7-24-13-3-1-2-4-14(13)25-15/h1-8H,(H,26,27)(H,28,29). The number of aromatic carboxylic acids is 1. The lowest BCUT2D eigenvalue weighted by molar-refractivity contribution is 0.0699. The summed E-state index contributed by atoms with van der Waals surface area (Å²) in [7, 11) is 0. The number of halogens is 3. The molecule has 0 saturated carbocycles. The molecule has 0 atom stereocenters. The van der Waals surface area contributed by atoms with Crippen LogP contribution in [0.15, 0.2) is 48.0 Å². The number of carboxylic acids is 1. The van der Waals surface area contributed by atoms with E-state index in [4.69, 9.17) is 11.6 Å². The van der Waals surface area contributed by atoms with Crippen LogP contribution in [0.2, 0.25) is 5.02 Å². The molecule has 1 amide bonds. The largest absolute Gasteiger partial charge is 0.478 e. The molecule has 6 nitrogen and oxygen atoms in total. The molecule has 0 aliphatic carbocycles. The Kier molecular flexibility index (Phi) is 5.15. The van der Waals surface area contributed by atoms with Gasteiger partial charge in [0, 0.05) is 10.9 Å². The normalized spacial score (nSPS) is 10.9. The summed E-state index contributed by atoms with van der Waals surface area (Å²) in [5.74, 6) is -4.09. The van der Waals surface area contributed by atoms with Gasteiger partial charge in [0.25, 0.3) is 5.91 Å². The molecular formula is C20H10ClF2N3O3S. The zero-order valence-electron chi connectivity index (χ0n) is 14.8. The maximum absolute atomic E-state index is 13.8. The third-order valence-electron chi connectivity index (χ3n) is 4.21. The molecule has 0 spiro atoms. The minimum absolute atomic E-state index is 0.00627. The highest BCUT2D eigenvalue weighted by Gasteiger charge is 2.23. The summed E-state index contributed by atoms with van der Waals surface area (Å²) in [5, 5.41) is 12.8. The van der Waals surface area contributed by atoms with Crippen LogP contribution < -0.4 is 5.32 Å². The van der Waals surface area contributed by atoms with Gasteiger partial charge in [-0.3, -0.25) is 9.78 Å². The highest BCUT2D eigenvalue weighted by atomic mass is 35.5. The lowest BCUT2D eigenvalue weighted by Gasteiger charge is -2.07. The van der Waals surface area contributed by atoms with E-state index in [9.17, 15) is 23.5 Å². The third kappa shape index (κ3) is 3.60. The van der Waals surface area contributed by atoms with E-state index >= 15 is 0 Å². The molecule has 2 aromatic carbocycles. The van der Waals surface area contributed by atoms with Gasteiger partial charge in [0.1, 0.15) is 32.9 Å². The molecular weight excluding hydrogens is 436 g/mol. The number of thiophene rings is 1. The van der Waals surface area contributed by atoms with Crippen molar-refractivity contribution in [3.8, 4) is 11.1 Å². The summed E-state index contributed by atoms with van der Waals surface area (Å²) in [6, 6.07) is 8.82. The van der Waals surface area contributed by atoms with E-state index in [-0.39, 0.29) is 27.4 Å². The second-order valence-electron chi connectivity index (χ2n) is 6.11. The highest BCUT2D eigenvalue weighted by Crippen LogP contribution is 2.37. The third-order valence-corrected chi connectivity index (χ3v) is 5.46. The number of amides is 1. The van der Waals surface area contributed by atoms with Gasteiger partial charge in [-0.05, 0) is 29.8 Å². The molecule has 4 rings (SSSR count). The number of rotatable bonds is 4. The summed E-state index contributed by atoms with van der Waals surface area (Å²) in [6.07, 6.45) is 1.27. The Balaban J connectivity index is 1.71. The summed E-state index contributed by atoms with van der Waals surface area (Å²) >= 11 is 6.39. The Morgan fingerprint density at radius 2 is 1.77 bits per heavy atom. The SMILES string of the molecule is O=C(Nc1scc(-c2cc(F)c(Cl)c(F)c2)c1C(=O)O)c1cnc2ccccc2n1. The molecule has 2 N–H and O–H groups in total. The van der Waals surface area contributed by atoms with Gasteiger partial charge in [0.2, 0.25) is 0 Å². The number of aromatic nitrogens is 2. The number of fused-ring (bicyclic) bond motifs is 1. The maximum Gasteiger partial charge on any atom is 0.339 e. The van der Waals surface area contributed by atoms with Crippen LogP contribution in [0.1, 0.15) is 20.8 Å². The van der Waals surface area contributed by atoms with Crippen molar-refractivity contribution in [2.75, 3.05) is 5.32 Å². The quantitative estimate of drug-likeness (QED) is 0.419. The van der Waals surface area contributed by atoms with Crippen molar-refractivity contribution in [3.63, 3.8) is 0 Å². The summed E-state index contributed by atoms with van der Waals surface area (Å²) in [5.41, 5.74) is 0.816. The van der Waals surface area contributed by atoms with Crippen LogP contribution in [0.5, 0.6) is 0 Å². The molecule has 30 heavy (non-hydrogen) atoms. The smallest absolute Gasteiger partial charge is 0.339 e. The van der Waals surface area contributed by atoms with Crippen molar-refractivity contribution in [1.82, 2.24) is 9.97 Å². The van der Waals surface area contributed by atoms with Crippen LogP contribution >= 0.6 is 22.9 Å². The van der Waals surface area contributed by atoms with E-state index in [0.29, 0.717) is 11.0 Å². The van der Waals surface area contributed by atoms with E-state index < -0.39 is 28.5 Å². The Morgan fingerprint density at radius 3 is 2.43 bits per heavy atom. The molecule has 0 radical (unpaired) electrons. The monoisotopic (exact) mass is 445 g/mol. The predicted molar refractivity (Wildman–Crippen MR) is 109 cm³/mol. The number of hydrogen-bond acceptors (Lipinski definition) is 5. The predicted octanol–water partition coefficient (Wildman–Crippen LogP) is 5.24. The molecule has 2 heterocycles. The average molecular weight is 446 g/mol. The first kappa shape index (κ1) is 19.9. The first-order chi connectivity index (χ1) is 14.3. The molecule has 0 aliphatic heterocycles. The van der Waals surface area contributed by atoms with Gasteiger partial charge in [-0.15, -0.1) is 11.3 Å². The van der Waals surface area contributed by atoms with Gasteiger partial charge >= 0.3 is 5.97 Å². The Bertz CT molecular complexity index is 1300. The van der Waals surface area contributed by atoms with E-state index in [2.05, 4.69) is 15.3 Å². The van der Waals surface area contributed by atoms with Crippen LogP contribution in [0.4, 0.5) is 13.8 Å². The number of nitrogens with zero attached hydrogens (tertiary/aromatic N) is 2. The number of carbonyl (C=O) groups excluding carboxylic acids is 1. The summed E-state index contributed by atoms with van der Waals surface area (Å²) in [4.78, 5) is 32.8. The fourth-order valence-corrected chi connectivity index (χ4v) is 3.88. The lowest BCUT2D eigenvalue weighted by Crippen LogP contribution is -2.15. The Hall–Kier alpha value is -3.43. The molecule has 10 heteroatoms. The van der Waals surface area contributed by atoms with E-state index in [0.717, 1.165) is 23.5 Å². The molecule has 0 aliphatic rings. The first-order valence-corrected chi connectivity index (χ1v) is 9.63. The minimum atomic E-state index is -1.37. The van der Waals surface area contributed by atoms with Crippen LogP contribution in [0.25, 0.3) is 22.2 Å². The molecule has 4 aromatic rings. The zero-order chi connectivity index (χ0) is 21.4. The molecule has 0 unspecified atom stereocenters. The second kappa shape index (κ2) is 7.77. The fourth-order valence-electron chi connectivity index (χ4n) is 2.82. The van der Waals surface area contributed by atoms with E-state index in [1.165, 1.54) is 11.6 Å². The summed E-state index contributed by atoms with van der Waals surface area (Å²) < 4.78 is 27.6.